The van der Waals surface area contributed by atoms with Gasteiger partial charge in [0.2, 0.25) is 5.91 Å². The average Bonchev–Trinajstić information content (AvgIpc) is 2.64. The summed E-state index contributed by atoms with van der Waals surface area (Å²) in [6.45, 7) is 1.07. The molecule has 1 amide bonds. The highest BCUT2D eigenvalue weighted by Crippen LogP contribution is 2.47. The Hall–Kier alpha value is -0.570. The third-order valence-corrected chi connectivity index (χ3v) is 3.76. The highest BCUT2D eigenvalue weighted by Gasteiger charge is 2.44. The third kappa shape index (κ3) is 1.57. The Labute approximate surface area is 79.1 Å². The van der Waals surface area contributed by atoms with Gasteiger partial charge in [-0.25, -0.2) is 0 Å². The van der Waals surface area contributed by atoms with Crippen LogP contribution in [0.25, 0.3) is 0 Å². The lowest BCUT2D eigenvalue weighted by molar-refractivity contribution is -0.119. The van der Waals surface area contributed by atoms with Gasteiger partial charge in [0.1, 0.15) is 0 Å². The summed E-state index contributed by atoms with van der Waals surface area (Å²) < 4.78 is 0. The van der Waals surface area contributed by atoms with E-state index in [0.29, 0.717) is 17.9 Å². The molecule has 74 valence electrons. The maximum Gasteiger partial charge on any atom is 0.219 e. The molecule has 1 aliphatic heterocycles. The fraction of sp³-hybridized carbons (Fsp3) is 0.900. The Morgan fingerprint density at radius 1 is 1.38 bits per heavy atom. The molecule has 0 aromatic rings. The largest absolute Gasteiger partial charge is 0.370 e. The molecule has 3 heteroatoms. The number of amides is 1. The molecule has 1 saturated heterocycles. The van der Waals surface area contributed by atoms with Gasteiger partial charge in [-0.2, -0.15) is 0 Å². The minimum atomic E-state index is -0.161. The van der Waals surface area contributed by atoms with Crippen LogP contribution in [-0.4, -0.2) is 18.5 Å². The van der Waals surface area contributed by atoms with Crippen molar-refractivity contribution in [1.82, 2.24) is 5.32 Å². The first-order valence-electron chi connectivity index (χ1n) is 5.25. The van der Waals surface area contributed by atoms with Crippen molar-refractivity contribution in [3.63, 3.8) is 0 Å². The molecule has 1 saturated carbocycles. The second kappa shape index (κ2) is 3.29. The molecular weight excluding hydrogens is 164 g/mol. The molecule has 0 aromatic heterocycles. The van der Waals surface area contributed by atoms with Gasteiger partial charge in [-0.3, -0.25) is 4.79 Å². The molecule has 1 heterocycles. The normalized spacial score (nSPS) is 31.2. The Balaban J connectivity index is 2.04. The lowest BCUT2D eigenvalue weighted by atomic mass is 9.77. The SMILES string of the molecule is NC(=O)CC1NCCC12CCCC2. The maximum absolute atomic E-state index is 10.9. The van der Waals surface area contributed by atoms with Crippen molar-refractivity contribution in [2.24, 2.45) is 11.1 Å². The van der Waals surface area contributed by atoms with Crippen LogP contribution in [0.15, 0.2) is 0 Å². The van der Waals surface area contributed by atoms with Gasteiger partial charge in [0.15, 0.2) is 0 Å². The zero-order valence-corrected chi connectivity index (χ0v) is 8.01. The van der Waals surface area contributed by atoms with E-state index in [-0.39, 0.29) is 5.91 Å². The van der Waals surface area contributed by atoms with Crippen LogP contribution in [0.5, 0.6) is 0 Å². The fourth-order valence-corrected chi connectivity index (χ4v) is 3.05. The summed E-state index contributed by atoms with van der Waals surface area (Å²) in [6.07, 6.45) is 7.01. The number of nitrogens with one attached hydrogen (secondary N) is 1. The Bertz CT molecular complexity index is 203. The standard InChI is InChI=1S/C10H18N2O/c11-9(13)7-8-10(5-6-12-8)3-1-2-4-10/h8,12H,1-7H2,(H2,11,13). The summed E-state index contributed by atoms with van der Waals surface area (Å²) in [5.41, 5.74) is 5.67. The zero-order chi connectivity index (χ0) is 9.31. The molecule has 1 aliphatic carbocycles. The van der Waals surface area contributed by atoms with Crippen LogP contribution in [0.2, 0.25) is 0 Å². The number of hydrogen-bond donors (Lipinski definition) is 2. The van der Waals surface area contributed by atoms with Gasteiger partial charge >= 0.3 is 0 Å². The monoisotopic (exact) mass is 182 g/mol. The van der Waals surface area contributed by atoms with Crippen LogP contribution in [0.3, 0.4) is 0 Å². The fourth-order valence-electron chi connectivity index (χ4n) is 3.05. The average molecular weight is 182 g/mol. The van der Waals surface area contributed by atoms with Crippen molar-refractivity contribution in [1.29, 1.82) is 0 Å². The van der Waals surface area contributed by atoms with Crippen molar-refractivity contribution in [3.05, 3.63) is 0 Å². The summed E-state index contributed by atoms with van der Waals surface area (Å²) in [7, 11) is 0. The zero-order valence-electron chi connectivity index (χ0n) is 8.01. The summed E-state index contributed by atoms with van der Waals surface area (Å²) in [5, 5.41) is 3.42. The topological polar surface area (TPSA) is 55.1 Å². The molecule has 1 unspecified atom stereocenters. The molecule has 2 rings (SSSR count). The quantitative estimate of drug-likeness (QED) is 0.663. The van der Waals surface area contributed by atoms with Crippen LogP contribution in [0.1, 0.15) is 38.5 Å². The molecule has 0 aromatic carbocycles. The van der Waals surface area contributed by atoms with Crippen molar-refractivity contribution >= 4 is 5.91 Å². The van der Waals surface area contributed by atoms with E-state index in [2.05, 4.69) is 5.32 Å². The Kier molecular flexibility index (Phi) is 2.28. The lowest BCUT2D eigenvalue weighted by Crippen LogP contribution is -2.38. The van der Waals surface area contributed by atoms with Gasteiger partial charge in [0, 0.05) is 12.5 Å². The predicted octanol–water partition coefficient (Wildman–Crippen LogP) is 0.784. The first kappa shape index (κ1) is 9.00. The number of rotatable bonds is 2. The molecule has 2 fully saturated rings. The number of primary amides is 1. The summed E-state index contributed by atoms with van der Waals surface area (Å²) >= 11 is 0. The van der Waals surface area contributed by atoms with E-state index in [0.717, 1.165) is 6.54 Å². The summed E-state index contributed by atoms with van der Waals surface area (Å²) in [4.78, 5) is 10.9. The van der Waals surface area contributed by atoms with Crippen LogP contribution >= 0.6 is 0 Å². The number of carbonyl (C=O) groups is 1. The van der Waals surface area contributed by atoms with Crippen LogP contribution < -0.4 is 11.1 Å². The Morgan fingerprint density at radius 2 is 2.08 bits per heavy atom. The molecule has 1 atom stereocenters. The van der Waals surface area contributed by atoms with Gasteiger partial charge in [-0.1, -0.05) is 12.8 Å². The van der Waals surface area contributed by atoms with Gasteiger partial charge < -0.3 is 11.1 Å². The van der Waals surface area contributed by atoms with E-state index in [1.54, 1.807) is 0 Å². The minimum Gasteiger partial charge on any atom is -0.370 e. The molecule has 0 bridgehead atoms. The molecule has 2 aliphatic rings. The molecular formula is C10H18N2O. The third-order valence-electron chi connectivity index (χ3n) is 3.76. The van der Waals surface area contributed by atoms with Gasteiger partial charge in [0.25, 0.3) is 0 Å². The number of carbonyl (C=O) groups excluding carboxylic acids is 1. The highest BCUT2D eigenvalue weighted by molar-refractivity contribution is 5.74. The van der Waals surface area contributed by atoms with Crippen LogP contribution in [0.4, 0.5) is 0 Å². The van der Waals surface area contributed by atoms with Gasteiger partial charge in [-0.05, 0) is 31.2 Å². The number of hydrogen-bond acceptors (Lipinski definition) is 2. The van der Waals surface area contributed by atoms with Crippen LogP contribution in [-0.2, 0) is 4.79 Å². The van der Waals surface area contributed by atoms with Crippen molar-refractivity contribution in [3.8, 4) is 0 Å². The van der Waals surface area contributed by atoms with Crippen molar-refractivity contribution < 1.29 is 4.79 Å². The molecule has 3 nitrogen and oxygen atoms in total. The number of nitrogens with two attached hydrogens (primary N) is 1. The first-order chi connectivity index (χ1) is 6.23. The van der Waals surface area contributed by atoms with Crippen molar-refractivity contribution in [2.45, 2.75) is 44.6 Å². The smallest absolute Gasteiger partial charge is 0.219 e. The molecule has 13 heavy (non-hydrogen) atoms. The second-order valence-corrected chi connectivity index (χ2v) is 4.50. The van der Waals surface area contributed by atoms with E-state index < -0.39 is 0 Å². The van der Waals surface area contributed by atoms with Gasteiger partial charge in [0.05, 0.1) is 0 Å². The maximum atomic E-state index is 10.9. The molecule has 0 radical (unpaired) electrons. The van der Waals surface area contributed by atoms with E-state index in [9.17, 15) is 4.79 Å². The lowest BCUT2D eigenvalue weighted by Gasteiger charge is -2.29. The van der Waals surface area contributed by atoms with Gasteiger partial charge in [-0.15, -0.1) is 0 Å². The van der Waals surface area contributed by atoms with Crippen molar-refractivity contribution in [2.75, 3.05) is 6.54 Å². The molecule has 3 N–H and O–H groups in total. The van der Waals surface area contributed by atoms with E-state index in [1.807, 2.05) is 0 Å². The first-order valence-corrected chi connectivity index (χ1v) is 5.25. The highest BCUT2D eigenvalue weighted by atomic mass is 16.1. The second-order valence-electron chi connectivity index (χ2n) is 4.50. The summed E-state index contributed by atoms with van der Waals surface area (Å²) in [6, 6.07) is 0.368. The van der Waals surface area contributed by atoms with E-state index >= 15 is 0 Å². The van der Waals surface area contributed by atoms with E-state index in [1.165, 1.54) is 32.1 Å². The predicted molar refractivity (Wildman–Crippen MR) is 51.1 cm³/mol. The Morgan fingerprint density at radius 3 is 2.69 bits per heavy atom. The summed E-state index contributed by atoms with van der Waals surface area (Å²) in [5.74, 6) is -0.161. The van der Waals surface area contributed by atoms with E-state index in [4.69, 9.17) is 5.73 Å². The minimum absolute atomic E-state index is 0.161. The molecule has 1 spiro atoms. The van der Waals surface area contributed by atoms with Crippen LogP contribution in [0, 0.1) is 5.41 Å².